The molecule has 0 spiro atoms. The van der Waals surface area contributed by atoms with Gasteiger partial charge in [-0.3, -0.25) is 13.9 Å². The molecule has 50 heavy (non-hydrogen) atoms. The number of hydrogen-bond donors (Lipinski definition) is 3. The van der Waals surface area contributed by atoms with Crippen molar-refractivity contribution in [1.82, 2.24) is 24.6 Å². The number of nitrogens with zero attached hydrogens (tertiary/aromatic N) is 4. The number of alkyl halides is 1. The lowest BCUT2D eigenvalue weighted by molar-refractivity contribution is -0.149. The fourth-order valence-corrected chi connectivity index (χ4v) is 6.67. The Morgan fingerprint density at radius 1 is 1.10 bits per heavy atom. The van der Waals surface area contributed by atoms with Crippen molar-refractivity contribution in [2.24, 2.45) is 0 Å². The number of para-hydroxylation sites is 1. The van der Waals surface area contributed by atoms with E-state index < -0.39 is 62.7 Å². The lowest BCUT2D eigenvalue weighted by Gasteiger charge is -2.28. The van der Waals surface area contributed by atoms with E-state index in [0.29, 0.717) is 5.56 Å². The van der Waals surface area contributed by atoms with Crippen LogP contribution in [0, 0.1) is 0 Å². The summed E-state index contributed by atoms with van der Waals surface area (Å²) >= 11 is 0. The summed E-state index contributed by atoms with van der Waals surface area (Å²) in [6.07, 6.45) is -4.98. The summed E-state index contributed by atoms with van der Waals surface area (Å²) in [5.74, 6) is -0.398. The Morgan fingerprint density at radius 3 is 2.44 bits per heavy atom. The molecule has 1 fully saturated rings. The van der Waals surface area contributed by atoms with Gasteiger partial charge in [0.05, 0.1) is 19.0 Å². The molecule has 18 heteroatoms. The van der Waals surface area contributed by atoms with Crippen LogP contribution in [-0.4, -0.2) is 75.3 Å². The summed E-state index contributed by atoms with van der Waals surface area (Å²) in [6.45, 7) is 5.10. The summed E-state index contributed by atoms with van der Waals surface area (Å²) in [5, 5.41) is 5.43. The number of rotatable bonds is 14. The first kappa shape index (κ1) is 36.5. The highest BCUT2D eigenvalue weighted by molar-refractivity contribution is 7.52. The molecule has 1 aliphatic rings. The van der Waals surface area contributed by atoms with Crippen LogP contribution in [0.5, 0.6) is 5.75 Å². The number of nitrogens with one attached hydrogen (secondary N) is 2. The van der Waals surface area contributed by atoms with Crippen molar-refractivity contribution in [3.63, 3.8) is 0 Å². The second kappa shape index (κ2) is 15.4. The van der Waals surface area contributed by atoms with Gasteiger partial charge in [-0.05, 0) is 45.4 Å². The van der Waals surface area contributed by atoms with Crippen molar-refractivity contribution >= 4 is 42.8 Å². The van der Waals surface area contributed by atoms with E-state index in [-0.39, 0.29) is 35.3 Å². The van der Waals surface area contributed by atoms with E-state index >= 15 is 4.39 Å². The lowest BCUT2D eigenvalue weighted by Crippen LogP contribution is -2.44. The minimum atomic E-state index is -4.43. The van der Waals surface area contributed by atoms with E-state index in [0.717, 1.165) is 6.92 Å². The van der Waals surface area contributed by atoms with Gasteiger partial charge in [0.1, 0.15) is 24.5 Å². The zero-order valence-electron chi connectivity index (χ0n) is 28.0. The quantitative estimate of drug-likeness (QED) is 0.117. The topological polar surface area (TPSA) is 200 Å². The molecule has 0 aliphatic carbocycles. The Bertz CT molecular complexity index is 1830. The number of imidazole rings is 1. The van der Waals surface area contributed by atoms with E-state index in [2.05, 4.69) is 25.4 Å². The number of esters is 1. The number of carbonyl (C=O) groups is 2. The Balaban J connectivity index is 1.44. The Labute approximate surface area is 287 Å². The predicted molar refractivity (Wildman–Crippen MR) is 179 cm³/mol. The van der Waals surface area contributed by atoms with Gasteiger partial charge < -0.3 is 34.5 Å². The largest absolute Gasteiger partial charge is 0.509 e. The van der Waals surface area contributed by atoms with Crippen molar-refractivity contribution in [1.29, 1.82) is 0 Å². The van der Waals surface area contributed by atoms with Crippen LogP contribution in [-0.2, 0) is 39.4 Å². The van der Waals surface area contributed by atoms with Gasteiger partial charge in [0, 0.05) is 7.05 Å². The van der Waals surface area contributed by atoms with Crippen molar-refractivity contribution in [2.75, 3.05) is 24.7 Å². The van der Waals surface area contributed by atoms with Crippen molar-refractivity contribution < 1.29 is 46.5 Å². The standard InChI is InChI=1S/C32H39FN7O9P/c1-19(2)46-28(41)20(3)39-50(43,49-22-14-10-7-11-15-22)45-17-23-25(48-31(42)44-16-21-12-8-6-9-13-21)32(4,33)29(47-23)40-18-36-24-26(35-5)37-30(34)38-27(24)40/h6-15,18-20,23,25,29H,16-17H2,1-5H3,(H,39,43)(H3,34,35,37,38)/t20-,23+,25+,29+,32+,50-/m0/s1. The summed E-state index contributed by atoms with van der Waals surface area (Å²) < 4.78 is 66.2. The first-order chi connectivity index (χ1) is 23.8. The molecule has 4 N–H and O–H groups in total. The molecule has 268 valence electrons. The minimum absolute atomic E-state index is 0.116. The SMILES string of the molecule is CNc1nc(N)nc2c1ncn2[C@@H]1O[C@H](CO[P@@](=O)(N[C@@H](C)C(=O)OC(C)C)Oc2ccccc2)[C@@H](OC(=O)OCc2ccccc2)[C@@]1(C)F. The fourth-order valence-electron chi connectivity index (χ4n) is 5.17. The van der Waals surface area contributed by atoms with Crippen LogP contribution in [0.15, 0.2) is 67.0 Å². The molecule has 0 saturated carbocycles. The van der Waals surface area contributed by atoms with E-state index in [1.54, 1.807) is 69.4 Å². The van der Waals surface area contributed by atoms with Crippen LogP contribution in [0.25, 0.3) is 11.2 Å². The zero-order chi connectivity index (χ0) is 36.1. The van der Waals surface area contributed by atoms with Crippen molar-refractivity contribution in [3.8, 4) is 5.75 Å². The Kier molecular flexibility index (Phi) is 11.2. The molecule has 1 saturated heterocycles. The first-order valence-corrected chi connectivity index (χ1v) is 17.2. The number of nitrogens with two attached hydrogens (primary N) is 1. The number of carbonyl (C=O) groups excluding carboxylic acids is 2. The molecule has 3 heterocycles. The molecule has 2 aromatic carbocycles. The smallest absolute Gasteiger partial charge is 0.462 e. The summed E-state index contributed by atoms with van der Waals surface area (Å²) in [6, 6.07) is 15.7. The normalized spacial score (nSPS) is 22.1. The van der Waals surface area contributed by atoms with Crippen molar-refractivity contribution in [2.45, 2.75) is 70.6 Å². The van der Waals surface area contributed by atoms with Crippen LogP contribution in [0.3, 0.4) is 0 Å². The minimum Gasteiger partial charge on any atom is -0.462 e. The molecule has 4 aromatic rings. The summed E-state index contributed by atoms with van der Waals surface area (Å²) in [7, 11) is -2.82. The fraction of sp³-hybridized carbons (Fsp3) is 0.406. The van der Waals surface area contributed by atoms with E-state index in [9.17, 15) is 14.2 Å². The third-order valence-corrected chi connectivity index (χ3v) is 9.11. The molecule has 0 amide bonds. The predicted octanol–water partition coefficient (Wildman–Crippen LogP) is 4.93. The maximum absolute atomic E-state index is 17.1. The Hall–Kier alpha value is -4.83. The lowest BCUT2D eigenvalue weighted by atomic mass is 9.98. The number of fused-ring (bicyclic) bond motifs is 1. The van der Waals surface area contributed by atoms with Gasteiger partial charge in [0.15, 0.2) is 35.0 Å². The van der Waals surface area contributed by atoms with E-state index in [1.807, 2.05) is 0 Å². The number of hydrogen-bond acceptors (Lipinski definition) is 14. The van der Waals surface area contributed by atoms with Gasteiger partial charge in [-0.1, -0.05) is 48.5 Å². The number of nitrogen functional groups attached to an aromatic ring is 1. The van der Waals surface area contributed by atoms with Gasteiger partial charge in [-0.2, -0.15) is 15.1 Å². The van der Waals surface area contributed by atoms with Crippen molar-refractivity contribution in [3.05, 3.63) is 72.6 Å². The number of anilines is 2. The van der Waals surface area contributed by atoms with Gasteiger partial charge in [-0.25, -0.2) is 18.7 Å². The van der Waals surface area contributed by atoms with Gasteiger partial charge in [-0.15, -0.1) is 0 Å². The van der Waals surface area contributed by atoms with E-state index in [4.69, 9.17) is 33.7 Å². The van der Waals surface area contributed by atoms with E-state index in [1.165, 1.54) is 30.0 Å². The van der Waals surface area contributed by atoms with Gasteiger partial charge in [0.25, 0.3) is 0 Å². The maximum Gasteiger partial charge on any atom is 0.509 e. The molecule has 5 rings (SSSR count). The molecule has 0 bridgehead atoms. The second-order valence-electron chi connectivity index (χ2n) is 11.8. The third-order valence-electron chi connectivity index (χ3n) is 7.47. The Morgan fingerprint density at radius 2 is 1.78 bits per heavy atom. The average molecular weight is 716 g/mol. The summed E-state index contributed by atoms with van der Waals surface area (Å²) in [5.41, 5.74) is 4.49. The molecular formula is C32H39FN7O9P. The maximum atomic E-state index is 17.1. The molecule has 1 aliphatic heterocycles. The monoisotopic (exact) mass is 715 g/mol. The average Bonchev–Trinajstić information content (AvgIpc) is 3.60. The number of halogens is 1. The van der Waals surface area contributed by atoms with Gasteiger partial charge in [0.2, 0.25) is 5.95 Å². The first-order valence-electron chi connectivity index (χ1n) is 15.7. The molecule has 0 unspecified atom stereocenters. The molecule has 2 aromatic heterocycles. The highest BCUT2D eigenvalue weighted by Gasteiger charge is 2.59. The number of aromatic nitrogens is 4. The number of benzene rings is 2. The van der Waals surface area contributed by atoms with Crippen LogP contribution < -0.4 is 20.7 Å². The molecule has 16 nitrogen and oxygen atoms in total. The van der Waals surface area contributed by atoms with Crippen LogP contribution in [0.2, 0.25) is 0 Å². The molecule has 0 radical (unpaired) electrons. The molecule has 6 atom stereocenters. The van der Waals surface area contributed by atoms with Gasteiger partial charge >= 0.3 is 19.9 Å². The summed E-state index contributed by atoms with van der Waals surface area (Å²) in [4.78, 5) is 38.2. The molecular weight excluding hydrogens is 676 g/mol. The number of ether oxygens (including phenoxy) is 4. The third kappa shape index (κ3) is 8.48. The van der Waals surface area contributed by atoms with Crippen LogP contribution in [0.4, 0.5) is 21.0 Å². The zero-order valence-corrected chi connectivity index (χ0v) is 28.9. The second-order valence-corrected chi connectivity index (χ2v) is 13.5. The highest BCUT2D eigenvalue weighted by Crippen LogP contribution is 2.49. The van der Waals surface area contributed by atoms with Crippen LogP contribution >= 0.6 is 7.75 Å². The highest BCUT2D eigenvalue weighted by atomic mass is 31.2. The van der Waals surface area contributed by atoms with Crippen LogP contribution in [0.1, 0.15) is 39.5 Å².